The average Bonchev–Trinajstić information content (AvgIpc) is 3.21. The number of hydrogen-bond acceptors (Lipinski definition) is 6. The lowest BCUT2D eigenvalue weighted by atomic mass is 9.84. The summed E-state index contributed by atoms with van der Waals surface area (Å²) in [6.07, 6.45) is 7.59. The molecule has 2 aromatic heterocycles. The van der Waals surface area contributed by atoms with Crippen LogP contribution in [0.2, 0.25) is 0 Å². The van der Waals surface area contributed by atoms with E-state index in [1.165, 1.54) is 0 Å². The van der Waals surface area contributed by atoms with E-state index in [2.05, 4.69) is 34.2 Å². The smallest absolute Gasteiger partial charge is 0.136 e. The van der Waals surface area contributed by atoms with E-state index in [0.717, 1.165) is 64.6 Å². The molecule has 11 rings (SSSR count). The molecule has 0 unspecified atom stereocenters. The molecular formula is C48H28N2O4. The second-order valence-corrected chi connectivity index (χ2v) is 13.3. The average molecular weight is 697 g/mol. The van der Waals surface area contributed by atoms with Crippen molar-refractivity contribution in [1.29, 1.82) is 0 Å². The molecule has 0 aliphatic heterocycles. The van der Waals surface area contributed by atoms with Crippen LogP contribution < -0.4 is 18.9 Å². The van der Waals surface area contributed by atoms with E-state index in [1.807, 2.05) is 146 Å². The lowest BCUT2D eigenvalue weighted by Gasteiger charge is -2.25. The van der Waals surface area contributed by atoms with Gasteiger partial charge in [0.1, 0.15) is 46.0 Å². The van der Waals surface area contributed by atoms with E-state index in [-0.39, 0.29) is 0 Å². The predicted molar refractivity (Wildman–Crippen MR) is 216 cm³/mol. The molecule has 54 heavy (non-hydrogen) atoms. The third-order valence-corrected chi connectivity index (χ3v) is 10.0. The highest BCUT2D eigenvalue weighted by molar-refractivity contribution is 6.43. The molecule has 0 radical (unpaired) electrons. The Kier molecular flexibility index (Phi) is 6.75. The van der Waals surface area contributed by atoms with Crippen molar-refractivity contribution in [1.82, 2.24) is 9.97 Å². The van der Waals surface area contributed by atoms with Crippen molar-refractivity contribution in [2.24, 2.45) is 0 Å². The summed E-state index contributed by atoms with van der Waals surface area (Å²) in [4.78, 5) is 9.37. The number of nitrogens with zero attached hydrogens (tertiary/aromatic N) is 2. The molecule has 0 saturated heterocycles. The Morgan fingerprint density at radius 3 is 0.741 bits per heavy atom. The number of benzene rings is 9. The normalized spacial score (nSPS) is 11.7. The molecule has 0 saturated carbocycles. The van der Waals surface area contributed by atoms with E-state index < -0.39 is 0 Å². The summed E-state index contributed by atoms with van der Waals surface area (Å²) in [7, 11) is 0. The van der Waals surface area contributed by atoms with Gasteiger partial charge in [-0.2, -0.15) is 0 Å². The molecule has 9 aromatic carbocycles. The molecule has 6 nitrogen and oxygen atoms in total. The number of hydrogen-bond donors (Lipinski definition) is 0. The fourth-order valence-electron chi connectivity index (χ4n) is 7.88. The molecule has 0 aliphatic carbocycles. The quantitative estimate of drug-likeness (QED) is 0.116. The van der Waals surface area contributed by atoms with Gasteiger partial charge < -0.3 is 18.9 Å². The number of para-hydroxylation sites is 4. The first kappa shape index (κ1) is 30.2. The zero-order chi connectivity index (χ0) is 35.6. The second-order valence-electron chi connectivity index (χ2n) is 13.3. The fraction of sp³-hybridized carbons (Fsp3) is 0. The van der Waals surface area contributed by atoms with Crippen LogP contribution in [0.4, 0.5) is 0 Å². The molecule has 0 atom stereocenters. The van der Waals surface area contributed by atoms with Crippen LogP contribution in [0.5, 0.6) is 46.0 Å². The Hall–Kier alpha value is -7.44. The van der Waals surface area contributed by atoms with Gasteiger partial charge in [-0.25, -0.2) is 0 Å². The van der Waals surface area contributed by atoms with Crippen LogP contribution in [0.1, 0.15) is 0 Å². The first-order valence-corrected chi connectivity index (χ1v) is 17.8. The van der Waals surface area contributed by atoms with Crippen molar-refractivity contribution in [3.8, 4) is 46.0 Å². The lowest BCUT2D eigenvalue weighted by molar-refractivity contribution is 0.483. The maximum Gasteiger partial charge on any atom is 0.136 e. The van der Waals surface area contributed by atoms with Gasteiger partial charge in [0, 0.05) is 89.4 Å². The van der Waals surface area contributed by atoms with Crippen LogP contribution >= 0.6 is 0 Å². The van der Waals surface area contributed by atoms with Crippen molar-refractivity contribution >= 4 is 64.6 Å². The Bertz CT molecular complexity index is 2720. The summed E-state index contributed by atoms with van der Waals surface area (Å²) < 4.78 is 27.6. The summed E-state index contributed by atoms with van der Waals surface area (Å²) in [6.45, 7) is 0. The maximum atomic E-state index is 6.91. The van der Waals surface area contributed by atoms with Crippen LogP contribution in [0.3, 0.4) is 0 Å². The topological polar surface area (TPSA) is 62.7 Å². The zero-order valence-electron chi connectivity index (χ0n) is 28.7. The second kappa shape index (κ2) is 12.1. The monoisotopic (exact) mass is 696 g/mol. The number of ether oxygens (including phenoxy) is 4. The summed E-state index contributed by atoms with van der Waals surface area (Å²) in [5, 5.41) is 11.3. The number of aromatic nitrogens is 2. The van der Waals surface area contributed by atoms with Crippen LogP contribution in [0.25, 0.3) is 64.6 Å². The lowest BCUT2D eigenvalue weighted by Crippen LogP contribution is -1.99. The Balaban J connectivity index is 1.40. The first-order chi connectivity index (χ1) is 26.8. The van der Waals surface area contributed by atoms with Gasteiger partial charge in [-0.15, -0.1) is 0 Å². The molecule has 0 bridgehead atoms. The largest absolute Gasteiger partial charge is 0.457 e. The third-order valence-electron chi connectivity index (χ3n) is 10.0. The summed E-state index contributed by atoms with van der Waals surface area (Å²) in [5.74, 6) is 5.54. The standard InChI is InChI=1S/C48H28N2O4/c1-5-13-33(14-6-1)51-37-21-29-25-49-26-30-23-39(53-35-17-9-3-10-18-35)45-46-40(54-36-19-11-4-12-20-36)24-32-28-50-27-31-22-38(52-34-15-7-2-8-16-34)44(48(46)42(31)32)43(37)47(45)41(29)30/h1-28H. The van der Waals surface area contributed by atoms with Gasteiger partial charge in [0.15, 0.2) is 0 Å². The Morgan fingerprint density at radius 1 is 0.259 bits per heavy atom. The minimum atomic E-state index is 0.671. The van der Waals surface area contributed by atoms with Crippen LogP contribution in [-0.4, -0.2) is 9.97 Å². The zero-order valence-corrected chi connectivity index (χ0v) is 28.7. The van der Waals surface area contributed by atoms with E-state index >= 15 is 0 Å². The number of rotatable bonds is 8. The highest BCUT2D eigenvalue weighted by Crippen LogP contribution is 2.57. The summed E-state index contributed by atoms with van der Waals surface area (Å²) >= 11 is 0. The molecule has 0 N–H and O–H groups in total. The minimum Gasteiger partial charge on any atom is -0.457 e. The van der Waals surface area contributed by atoms with Gasteiger partial charge >= 0.3 is 0 Å². The van der Waals surface area contributed by atoms with Crippen molar-refractivity contribution < 1.29 is 18.9 Å². The van der Waals surface area contributed by atoms with E-state index in [9.17, 15) is 0 Å². The highest BCUT2D eigenvalue weighted by atomic mass is 16.5. The van der Waals surface area contributed by atoms with E-state index in [0.29, 0.717) is 46.0 Å². The molecule has 0 spiro atoms. The summed E-state index contributed by atoms with van der Waals surface area (Å²) in [5.41, 5.74) is 0. The van der Waals surface area contributed by atoms with Gasteiger partial charge in [0.2, 0.25) is 0 Å². The first-order valence-electron chi connectivity index (χ1n) is 17.8. The molecule has 0 amide bonds. The fourth-order valence-corrected chi connectivity index (χ4v) is 7.88. The van der Waals surface area contributed by atoms with Crippen LogP contribution in [0, 0.1) is 0 Å². The van der Waals surface area contributed by atoms with Crippen molar-refractivity contribution in [3.05, 3.63) is 170 Å². The van der Waals surface area contributed by atoms with Crippen molar-refractivity contribution in [3.63, 3.8) is 0 Å². The minimum absolute atomic E-state index is 0.671. The highest BCUT2D eigenvalue weighted by Gasteiger charge is 2.29. The SMILES string of the molecule is c1ccc(Oc2cc3cncc4cc(Oc5ccccc5)c5c6c(Oc7ccccc7)cc7cncc8cc(Oc9ccccc9)c(c2c5c34)c6c87)cc1. The van der Waals surface area contributed by atoms with Crippen LogP contribution in [0.15, 0.2) is 170 Å². The van der Waals surface area contributed by atoms with Crippen LogP contribution in [-0.2, 0) is 0 Å². The number of fused-ring (bicyclic) bond motifs is 2. The molecule has 0 aliphatic rings. The molecule has 254 valence electrons. The van der Waals surface area contributed by atoms with E-state index in [4.69, 9.17) is 18.9 Å². The Morgan fingerprint density at radius 2 is 0.500 bits per heavy atom. The molecule has 0 fully saturated rings. The predicted octanol–water partition coefficient (Wildman–Crippen LogP) is 13.4. The van der Waals surface area contributed by atoms with Gasteiger partial charge in [0.25, 0.3) is 0 Å². The molecule has 11 aromatic rings. The maximum absolute atomic E-state index is 6.91. The Labute approximate surface area is 309 Å². The molecule has 6 heteroatoms. The van der Waals surface area contributed by atoms with Gasteiger partial charge in [-0.05, 0) is 72.8 Å². The molecular weight excluding hydrogens is 669 g/mol. The third kappa shape index (κ3) is 4.81. The van der Waals surface area contributed by atoms with Gasteiger partial charge in [0.05, 0.1) is 0 Å². The summed E-state index contributed by atoms with van der Waals surface area (Å²) in [6, 6.07) is 47.9. The number of pyridine rings is 2. The van der Waals surface area contributed by atoms with Gasteiger partial charge in [-0.3, -0.25) is 9.97 Å². The van der Waals surface area contributed by atoms with Crippen molar-refractivity contribution in [2.45, 2.75) is 0 Å². The van der Waals surface area contributed by atoms with E-state index in [1.54, 1.807) is 0 Å². The van der Waals surface area contributed by atoms with Gasteiger partial charge in [-0.1, -0.05) is 72.8 Å². The molecule has 2 heterocycles. The van der Waals surface area contributed by atoms with Crippen molar-refractivity contribution in [2.75, 3.05) is 0 Å².